The Bertz CT molecular complexity index is 431. The molecule has 0 aliphatic carbocycles. The molecule has 0 saturated carbocycles. The van der Waals surface area contributed by atoms with Crippen molar-refractivity contribution < 1.29 is 4.74 Å². The largest absolute Gasteiger partial charge is 0.383 e. The summed E-state index contributed by atoms with van der Waals surface area (Å²) in [7, 11) is 4.03. The van der Waals surface area contributed by atoms with E-state index in [1.54, 1.807) is 7.11 Å². The number of rotatable bonds is 3. The van der Waals surface area contributed by atoms with Gasteiger partial charge in [-0.15, -0.1) is 0 Å². The van der Waals surface area contributed by atoms with Crippen LogP contribution in [-0.4, -0.2) is 61.3 Å². The molecule has 2 saturated heterocycles. The third kappa shape index (κ3) is 2.65. The molecule has 0 radical (unpaired) electrons. The van der Waals surface area contributed by atoms with Gasteiger partial charge in [0.1, 0.15) is 0 Å². The molecule has 0 amide bonds. The Hall–Kier alpha value is -1.20. The van der Waals surface area contributed by atoms with E-state index in [2.05, 4.69) is 26.8 Å². The molecule has 1 aromatic rings. The summed E-state index contributed by atoms with van der Waals surface area (Å²) in [5.74, 6) is 0.877. The van der Waals surface area contributed by atoms with Gasteiger partial charge in [0.15, 0.2) is 0 Å². The van der Waals surface area contributed by atoms with Crippen molar-refractivity contribution in [1.29, 1.82) is 0 Å². The number of anilines is 1. The quantitative estimate of drug-likeness (QED) is 0.835. The Balaban J connectivity index is 1.61. The lowest BCUT2D eigenvalue weighted by atomic mass is 9.76. The van der Waals surface area contributed by atoms with E-state index in [4.69, 9.17) is 4.74 Å². The number of hydrogen-bond donors (Lipinski definition) is 0. The van der Waals surface area contributed by atoms with E-state index in [1.807, 2.05) is 18.5 Å². The Morgan fingerprint density at radius 3 is 2.65 bits per heavy atom. The van der Waals surface area contributed by atoms with Gasteiger partial charge >= 0.3 is 0 Å². The summed E-state index contributed by atoms with van der Waals surface area (Å²) in [4.78, 5) is 13.5. The summed E-state index contributed by atoms with van der Waals surface area (Å²) in [6.45, 7) is 4.18. The molecule has 1 aromatic heterocycles. The number of likely N-dealkylation sites (N-methyl/N-ethyl adjacent to an activating group) is 1. The fourth-order valence-electron chi connectivity index (χ4n) is 3.75. The minimum atomic E-state index is 0.475. The van der Waals surface area contributed by atoms with Crippen molar-refractivity contribution in [1.82, 2.24) is 14.9 Å². The maximum absolute atomic E-state index is 5.35. The molecule has 20 heavy (non-hydrogen) atoms. The molecular formula is C15H24N4O. The predicted molar refractivity (Wildman–Crippen MR) is 78.8 cm³/mol. The van der Waals surface area contributed by atoms with Crippen LogP contribution in [0.25, 0.3) is 0 Å². The van der Waals surface area contributed by atoms with Gasteiger partial charge in [0.05, 0.1) is 6.61 Å². The van der Waals surface area contributed by atoms with Crippen LogP contribution < -0.4 is 4.90 Å². The van der Waals surface area contributed by atoms with Crippen molar-refractivity contribution >= 4 is 5.95 Å². The highest BCUT2D eigenvalue weighted by Crippen LogP contribution is 2.43. The minimum absolute atomic E-state index is 0.475. The molecule has 0 bridgehead atoms. The Labute approximate surface area is 121 Å². The Morgan fingerprint density at radius 2 is 2.00 bits per heavy atom. The second-order valence-electron chi connectivity index (χ2n) is 6.26. The molecule has 5 heteroatoms. The fraction of sp³-hybridized carbons (Fsp3) is 0.733. The molecular weight excluding hydrogens is 252 g/mol. The van der Waals surface area contributed by atoms with Crippen molar-refractivity contribution in [2.24, 2.45) is 5.41 Å². The first-order chi connectivity index (χ1) is 9.72. The number of likely N-dealkylation sites (tertiary alicyclic amines) is 1. The van der Waals surface area contributed by atoms with Crippen LogP contribution in [0, 0.1) is 5.41 Å². The molecule has 2 fully saturated rings. The lowest BCUT2D eigenvalue weighted by molar-refractivity contribution is 0.129. The van der Waals surface area contributed by atoms with Gasteiger partial charge in [-0.3, -0.25) is 0 Å². The summed E-state index contributed by atoms with van der Waals surface area (Å²) < 4.78 is 5.35. The lowest BCUT2D eigenvalue weighted by Gasteiger charge is -2.39. The number of methoxy groups -OCH3 is 1. The van der Waals surface area contributed by atoms with Crippen LogP contribution in [0.1, 0.15) is 19.3 Å². The molecule has 5 nitrogen and oxygen atoms in total. The second-order valence-corrected chi connectivity index (χ2v) is 6.26. The summed E-state index contributed by atoms with van der Waals surface area (Å²) >= 11 is 0. The van der Waals surface area contributed by atoms with Gasteiger partial charge in [-0.05, 0) is 37.8 Å². The average Bonchev–Trinajstić information content (AvgIpc) is 2.77. The monoisotopic (exact) mass is 276 g/mol. The summed E-state index contributed by atoms with van der Waals surface area (Å²) in [6.07, 6.45) is 7.38. The van der Waals surface area contributed by atoms with E-state index in [0.717, 1.165) is 25.6 Å². The number of hydrogen-bond acceptors (Lipinski definition) is 5. The molecule has 2 aliphatic rings. The van der Waals surface area contributed by atoms with Gasteiger partial charge in [-0.1, -0.05) is 0 Å². The van der Waals surface area contributed by atoms with Crippen LogP contribution in [0.4, 0.5) is 5.95 Å². The van der Waals surface area contributed by atoms with Crippen LogP contribution >= 0.6 is 0 Å². The fourth-order valence-corrected chi connectivity index (χ4v) is 3.75. The van der Waals surface area contributed by atoms with Crippen LogP contribution in [-0.2, 0) is 4.74 Å². The Kier molecular flexibility index (Phi) is 3.89. The van der Waals surface area contributed by atoms with Crippen molar-refractivity contribution in [3.63, 3.8) is 0 Å². The van der Waals surface area contributed by atoms with Gasteiger partial charge in [-0.25, -0.2) is 9.97 Å². The highest BCUT2D eigenvalue weighted by Gasteiger charge is 2.44. The summed E-state index contributed by atoms with van der Waals surface area (Å²) in [5.41, 5.74) is 0.475. The van der Waals surface area contributed by atoms with Crippen LogP contribution in [0.3, 0.4) is 0 Å². The van der Waals surface area contributed by atoms with Gasteiger partial charge in [-0.2, -0.15) is 0 Å². The van der Waals surface area contributed by atoms with Crippen molar-refractivity contribution in [3.05, 3.63) is 18.5 Å². The molecule has 1 spiro atoms. The van der Waals surface area contributed by atoms with E-state index in [1.165, 1.54) is 25.8 Å². The molecule has 0 aromatic carbocycles. The minimum Gasteiger partial charge on any atom is -0.383 e. The predicted octanol–water partition coefficient (Wildman–Crippen LogP) is 1.41. The van der Waals surface area contributed by atoms with E-state index < -0.39 is 0 Å². The van der Waals surface area contributed by atoms with Crippen LogP contribution in [0.5, 0.6) is 0 Å². The topological polar surface area (TPSA) is 41.5 Å². The van der Waals surface area contributed by atoms with Crippen molar-refractivity contribution in [2.45, 2.75) is 25.3 Å². The van der Waals surface area contributed by atoms with Crippen molar-refractivity contribution in [3.8, 4) is 0 Å². The van der Waals surface area contributed by atoms with Crippen LogP contribution in [0.2, 0.25) is 0 Å². The second kappa shape index (κ2) is 5.66. The zero-order chi connectivity index (χ0) is 14.0. The third-order valence-corrected chi connectivity index (χ3v) is 4.89. The van der Waals surface area contributed by atoms with Gasteiger partial charge < -0.3 is 14.5 Å². The molecule has 2 aliphatic heterocycles. The zero-order valence-electron chi connectivity index (χ0n) is 12.5. The number of nitrogens with zero attached hydrogens (tertiary/aromatic N) is 4. The lowest BCUT2D eigenvalue weighted by Crippen LogP contribution is -2.42. The van der Waals surface area contributed by atoms with Gasteiger partial charge in [0.2, 0.25) is 5.95 Å². The van der Waals surface area contributed by atoms with Crippen molar-refractivity contribution in [2.75, 3.05) is 45.3 Å². The van der Waals surface area contributed by atoms with E-state index in [-0.39, 0.29) is 0 Å². The van der Waals surface area contributed by atoms with Crippen LogP contribution in [0.15, 0.2) is 18.5 Å². The SMILES string of the molecule is COCC1CC2(CCN(c3ncccn3)CC2)CN1C. The average molecular weight is 276 g/mol. The zero-order valence-corrected chi connectivity index (χ0v) is 12.5. The highest BCUT2D eigenvalue weighted by atomic mass is 16.5. The first kappa shape index (κ1) is 13.8. The standard InChI is InChI=1S/C15H24N4O/c1-18-12-15(10-13(18)11-20-2)4-8-19(9-5-15)14-16-6-3-7-17-14/h3,6-7,13H,4-5,8-12H2,1-2H3. The van der Waals surface area contributed by atoms with E-state index in [9.17, 15) is 0 Å². The summed E-state index contributed by atoms with van der Waals surface area (Å²) in [6, 6.07) is 2.45. The number of piperidine rings is 1. The van der Waals surface area contributed by atoms with E-state index in [0.29, 0.717) is 11.5 Å². The molecule has 3 heterocycles. The molecule has 0 N–H and O–H groups in total. The molecule has 1 unspecified atom stereocenters. The smallest absolute Gasteiger partial charge is 0.225 e. The normalized spacial score (nSPS) is 26.3. The maximum Gasteiger partial charge on any atom is 0.225 e. The number of ether oxygens (including phenoxy) is 1. The van der Waals surface area contributed by atoms with Gasteiger partial charge in [0, 0.05) is 45.2 Å². The molecule has 3 rings (SSSR count). The summed E-state index contributed by atoms with van der Waals surface area (Å²) in [5, 5.41) is 0. The third-order valence-electron chi connectivity index (χ3n) is 4.89. The Morgan fingerprint density at radius 1 is 1.30 bits per heavy atom. The first-order valence-corrected chi connectivity index (χ1v) is 7.44. The van der Waals surface area contributed by atoms with Gasteiger partial charge in [0.25, 0.3) is 0 Å². The first-order valence-electron chi connectivity index (χ1n) is 7.44. The maximum atomic E-state index is 5.35. The molecule has 110 valence electrons. The highest BCUT2D eigenvalue weighted by molar-refractivity contribution is 5.29. The molecule has 1 atom stereocenters. The number of aromatic nitrogens is 2. The van der Waals surface area contributed by atoms with E-state index >= 15 is 0 Å².